The average Bonchev–Trinajstić information content (AvgIpc) is 3.33. The van der Waals surface area contributed by atoms with E-state index in [9.17, 15) is 4.39 Å². The molecule has 0 aliphatic rings. The van der Waals surface area contributed by atoms with E-state index in [4.69, 9.17) is 0 Å². The standard InChI is InChI=1S/C19H15FN8/c1-11(28-19-18(25-26-28)21-3-4-22-19)15-6-12-5-13(14-9-24-27(2)10-14)8-23-17(12)7-16(15)20/h3-11H,1-2H3. The SMILES string of the molecule is CC(c1cc2cc(-c3cnn(C)c3)cnc2cc1F)n1nnc2nccnc21. The number of hydrogen-bond acceptors (Lipinski definition) is 6. The highest BCUT2D eigenvalue weighted by Crippen LogP contribution is 2.29. The summed E-state index contributed by atoms with van der Waals surface area (Å²) in [7, 11) is 1.86. The largest absolute Gasteiger partial charge is 0.275 e. The van der Waals surface area contributed by atoms with Crippen LogP contribution in [-0.2, 0) is 7.05 Å². The summed E-state index contributed by atoms with van der Waals surface area (Å²) in [5.74, 6) is -0.353. The smallest absolute Gasteiger partial charge is 0.221 e. The average molecular weight is 374 g/mol. The van der Waals surface area contributed by atoms with Crippen molar-refractivity contribution in [2.75, 3.05) is 0 Å². The highest BCUT2D eigenvalue weighted by Gasteiger charge is 2.19. The van der Waals surface area contributed by atoms with Crippen molar-refractivity contribution in [3.8, 4) is 11.1 Å². The van der Waals surface area contributed by atoms with E-state index in [0.717, 1.165) is 16.5 Å². The number of hydrogen-bond donors (Lipinski definition) is 0. The lowest BCUT2D eigenvalue weighted by molar-refractivity contribution is 0.518. The first kappa shape index (κ1) is 16.4. The van der Waals surface area contributed by atoms with Crippen LogP contribution in [0.2, 0.25) is 0 Å². The van der Waals surface area contributed by atoms with Crippen LogP contribution in [0.1, 0.15) is 18.5 Å². The zero-order chi connectivity index (χ0) is 19.3. The minimum atomic E-state index is -0.409. The van der Waals surface area contributed by atoms with Crippen LogP contribution in [0.15, 0.2) is 49.2 Å². The maximum absolute atomic E-state index is 14.8. The van der Waals surface area contributed by atoms with Crippen molar-refractivity contribution in [3.05, 3.63) is 60.6 Å². The molecule has 0 spiro atoms. The first-order chi connectivity index (χ1) is 13.6. The van der Waals surface area contributed by atoms with Crippen LogP contribution in [0.25, 0.3) is 33.3 Å². The third-order valence-corrected chi connectivity index (χ3v) is 4.77. The van der Waals surface area contributed by atoms with Crippen LogP contribution >= 0.6 is 0 Å². The predicted molar refractivity (Wildman–Crippen MR) is 101 cm³/mol. The Balaban J connectivity index is 1.63. The number of aryl methyl sites for hydroxylation is 1. The summed E-state index contributed by atoms with van der Waals surface area (Å²) in [5, 5.41) is 13.1. The van der Waals surface area contributed by atoms with Gasteiger partial charge in [-0.3, -0.25) is 9.67 Å². The zero-order valence-electron chi connectivity index (χ0n) is 15.2. The molecule has 0 saturated carbocycles. The van der Waals surface area contributed by atoms with Crippen LogP contribution in [0.4, 0.5) is 4.39 Å². The summed E-state index contributed by atoms with van der Waals surface area (Å²) >= 11 is 0. The number of aromatic nitrogens is 8. The van der Waals surface area contributed by atoms with Gasteiger partial charge in [0, 0.05) is 60.0 Å². The monoisotopic (exact) mass is 374 g/mol. The summed E-state index contributed by atoms with van der Waals surface area (Å²) in [6.45, 7) is 1.85. The molecule has 4 heterocycles. The van der Waals surface area contributed by atoms with Crippen LogP contribution in [-0.4, -0.2) is 39.7 Å². The number of halogens is 1. The molecule has 1 aromatic carbocycles. The van der Waals surface area contributed by atoms with Gasteiger partial charge in [-0.1, -0.05) is 5.21 Å². The topological polar surface area (TPSA) is 87.2 Å². The van der Waals surface area contributed by atoms with Crippen molar-refractivity contribution in [1.29, 1.82) is 0 Å². The summed E-state index contributed by atoms with van der Waals surface area (Å²) in [6, 6.07) is 4.81. The molecule has 5 aromatic rings. The number of nitrogens with zero attached hydrogens (tertiary/aromatic N) is 8. The lowest BCUT2D eigenvalue weighted by Crippen LogP contribution is -2.11. The fourth-order valence-electron chi connectivity index (χ4n) is 3.30. The van der Waals surface area contributed by atoms with Gasteiger partial charge in [-0.15, -0.1) is 5.10 Å². The number of benzene rings is 1. The molecule has 28 heavy (non-hydrogen) atoms. The summed E-state index contributed by atoms with van der Waals surface area (Å²) < 4.78 is 18.1. The summed E-state index contributed by atoms with van der Waals surface area (Å²) in [5.41, 5.74) is 3.88. The lowest BCUT2D eigenvalue weighted by atomic mass is 10.0. The number of pyridine rings is 1. The predicted octanol–water partition coefficient (Wildman–Crippen LogP) is 2.92. The molecule has 9 heteroatoms. The van der Waals surface area contributed by atoms with Gasteiger partial charge in [-0.2, -0.15) is 5.10 Å². The Morgan fingerprint density at radius 1 is 1.00 bits per heavy atom. The highest BCUT2D eigenvalue weighted by molar-refractivity contribution is 5.84. The molecule has 5 rings (SSSR count). The van der Waals surface area contributed by atoms with E-state index in [2.05, 4.69) is 30.4 Å². The maximum atomic E-state index is 14.8. The Morgan fingerprint density at radius 2 is 1.86 bits per heavy atom. The van der Waals surface area contributed by atoms with E-state index < -0.39 is 6.04 Å². The molecule has 0 radical (unpaired) electrons. The van der Waals surface area contributed by atoms with Crippen molar-refractivity contribution in [2.24, 2.45) is 7.05 Å². The molecule has 0 N–H and O–H groups in total. The van der Waals surface area contributed by atoms with Gasteiger partial charge in [0.05, 0.1) is 17.8 Å². The fraction of sp³-hybridized carbons (Fsp3) is 0.158. The Hall–Kier alpha value is -3.75. The molecule has 0 fully saturated rings. The van der Waals surface area contributed by atoms with Gasteiger partial charge in [-0.25, -0.2) is 19.0 Å². The van der Waals surface area contributed by atoms with E-state index in [-0.39, 0.29) is 5.82 Å². The fourth-order valence-corrected chi connectivity index (χ4v) is 3.30. The maximum Gasteiger partial charge on any atom is 0.221 e. The lowest BCUT2D eigenvalue weighted by Gasteiger charge is -2.14. The molecule has 0 bridgehead atoms. The van der Waals surface area contributed by atoms with Gasteiger partial charge in [0.25, 0.3) is 0 Å². The van der Waals surface area contributed by atoms with Crippen molar-refractivity contribution >= 4 is 22.2 Å². The van der Waals surface area contributed by atoms with Gasteiger partial charge >= 0.3 is 0 Å². The van der Waals surface area contributed by atoms with Crippen LogP contribution in [0.3, 0.4) is 0 Å². The van der Waals surface area contributed by atoms with Crippen LogP contribution < -0.4 is 0 Å². The normalized spacial score (nSPS) is 12.7. The molecule has 8 nitrogen and oxygen atoms in total. The molecule has 0 amide bonds. The van der Waals surface area contributed by atoms with E-state index in [1.54, 1.807) is 40.2 Å². The van der Waals surface area contributed by atoms with Crippen molar-refractivity contribution < 1.29 is 4.39 Å². The third kappa shape index (κ3) is 2.59. The van der Waals surface area contributed by atoms with Gasteiger partial charge in [0.1, 0.15) is 5.82 Å². The molecular weight excluding hydrogens is 359 g/mol. The van der Waals surface area contributed by atoms with E-state index in [1.165, 1.54) is 6.07 Å². The third-order valence-electron chi connectivity index (χ3n) is 4.77. The second-order valence-electron chi connectivity index (χ2n) is 6.61. The van der Waals surface area contributed by atoms with E-state index in [0.29, 0.717) is 22.4 Å². The molecule has 4 aromatic heterocycles. The van der Waals surface area contributed by atoms with Gasteiger partial charge in [0.15, 0.2) is 5.65 Å². The molecule has 138 valence electrons. The van der Waals surface area contributed by atoms with Crippen molar-refractivity contribution in [3.63, 3.8) is 0 Å². The summed E-state index contributed by atoms with van der Waals surface area (Å²) in [6.07, 6.45) is 8.53. The molecule has 0 aliphatic heterocycles. The minimum Gasteiger partial charge on any atom is -0.275 e. The summed E-state index contributed by atoms with van der Waals surface area (Å²) in [4.78, 5) is 12.8. The van der Waals surface area contributed by atoms with Gasteiger partial charge in [-0.05, 0) is 19.1 Å². The molecule has 1 unspecified atom stereocenters. The Morgan fingerprint density at radius 3 is 2.68 bits per heavy atom. The quantitative estimate of drug-likeness (QED) is 0.483. The Kier molecular flexibility index (Phi) is 3.61. The minimum absolute atomic E-state index is 0.353. The van der Waals surface area contributed by atoms with Gasteiger partial charge < -0.3 is 0 Å². The highest BCUT2D eigenvalue weighted by atomic mass is 19.1. The van der Waals surface area contributed by atoms with Crippen LogP contribution in [0, 0.1) is 5.82 Å². The zero-order valence-corrected chi connectivity index (χ0v) is 15.2. The number of fused-ring (bicyclic) bond motifs is 2. The van der Waals surface area contributed by atoms with Crippen molar-refractivity contribution in [1.82, 2.24) is 39.7 Å². The Bertz CT molecular complexity index is 1320. The van der Waals surface area contributed by atoms with E-state index >= 15 is 0 Å². The molecule has 0 aliphatic carbocycles. The Labute approximate surface area is 158 Å². The van der Waals surface area contributed by atoms with Crippen LogP contribution in [0.5, 0.6) is 0 Å². The number of rotatable bonds is 3. The molecule has 0 saturated heterocycles. The molecule has 1 atom stereocenters. The second kappa shape index (κ2) is 6.15. The molecular formula is C19H15FN8. The first-order valence-electron chi connectivity index (χ1n) is 8.70. The van der Waals surface area contributed by atoms with E-state index in [1.807, 2.05) is 26.2 Å². The van der Waals surface area contributed by atoms with Gasteiger partial charge in [0.2, 0.25) is 5.65 Å². The second-order valence-corrected chi connectivity index (χ2v) is 6.61. The van der Waals surface area contributed by atoms with Crippen molar-refractivity contribution in [2.45, 2.75) is 13.0 Å². The first-order valence-corrected chi connectivity index (χ1v) is 8.70.